The Morgan fingerprint density at radius 3 is 2.69 bits per heavy atom. The Labute approximate surface area is 77.2 Å². The lowest BCUT2D eigenvalue weighted by molar-refractivity contribution is 1.08. The van der Waals surface area contributed by atoms with Crippen molar-refractivity contribution in [2.24, 2.45) is 5.73 Å². The maximum absolute atomic E-state index is 5.84. The molecule has 0 amide bonds. The predicted molar refractivity (Wildman–Crippen MR) is 56.3 cm³/mol. The summed E-state index contributed by atoms with van der Waals surface area (Å²) in [5.74, 6) is 0. The van der Waals surface area contributed by atoms with Gasteiger partial charge in [-0.3, -0.25) is 0 Å². The average molecular weight is 172 g/mol. The molecule has 0 saturated heterocycles. The molecule has 0 atom stereocenters. The first-order valence-electron chi connectivity index (χ1n) is 4.28. The maximum atomic E-state index is 5.84. The standard InChI is InChI=1S/C11H12N2/c12-7-8-4-5-9-2-1-3-11(13)10(9)6-8/h1-6H,7,12-13H2. The third-order valence-corrected chi connectivity index (χ3v) is 2.22. The first-order valence-corrected chi connectivity index (χ1v) is 4.28. The van der Waals surface area contributed by atoms with Crippen LogP contribution in [-0.4, -0.2) is 0 Å². The molecule has 0 aliphatic carbocycles. The molecular formula is C11H12N2. The van der Waals surface area contributed by atoms with E-state index in [2.05, 4.69) is 0 Å². The highest BCUT2D eigenvalue weighted by Crippen LogP contribution is 2.21. The van der Waals surface area contributed by atoms with Gasteiger partial charge in [0.1, 0.15) is 0 Å². The number of fused-ring (bicyclic) bond motifs is 1. The van der Waals surface area contributed by atoms with Crippen molar-refractivity contribution in [1.29, 1.82) is 0 Å². The summed E-state index contributed by atoms with van der Waals surface area (Å²) in [6, 6.07) is 12.0. The number of benzene rings is 2. The second-order valence-corrected chi connectivity index (χ2v) is 3.11. The molecule has 2 heteroatoms. The van der Waals surface area contributed by atoms with Gasteiger partial charge in [0.15, 0.2) is 0 Å². The Morgan fingerprint density at radius 2 is 1.92 bits per heavy atom. The van der Waals surface area contributed by atoms with Gasteiger partial charge in [0.2, 0.25) is 0 Å². The van der Waals surface area contributed by atoms with Gasteiger partial charge in [-0.25, -0.2) is 0 Å². The lowest BCUT2D eigenvalue weighted by atomic mass is 10.1. The van der Waals surface area contributed by atoms with E-state index in [-0.39, 0.29) is 0 Å². The van der Waals surface area contributed by atoms with Crippen molar-refractivity contribution < 1.29 is 0 Å². The molecule has 2 aromatic carbocycles. The van der Waals surface area contributed by atoms with Crippen LogP contribution in [0.5, 0.6) is 0 Å². The molecule has 13 heavy (non-hydrogen) atoms. The molecule has 0 aliphatic heterocycles. The van der Waals surface area contributed by atoms with Crippen molar-refractivity contribution in [1.82, 2.24) is 0 Å². The number of rotatable bonds is 1. The summed E-state index contributed by atoms with van der Waals surface area (Å²) in [6.45, 7) is 0.560. The lowest BCUT2D eigenvalue weighted by Gasteiger charge is -2.03. The van der Waals surface area contributed by atoms with Crippen molar-refractivity contribution in [3.63, 3.8) is 0 Å². The topological polar surface area (TPSA) is 52.0 Å². The van der Waals surface area contributed by atoms with E-state index < -0.39 is 0 Å². The van der Waals surface area contributed by atoms with Crippen LogP contribution in [-0.2, 0) is 6.54 Å². The van der Waals surface area contributed by atoms with Gasteiger partial charge in [-0.15, -0.1) is 0 Å². The van der Waals surface area contributed by atoms with Crippen LogP contribution in [0.4, 0.5) is 5.69 Å². The van der Waals surface area contributed by atoms with E-state index >= 15 is 0 Å². The van der Waals surface area contributed by atoms with Crippen LogP contribution in [0.1, 0.15) is 5.56 Å². The van der Waals surface area contributed by atoms with Gasteiger partial charge in [0, 0.05) is 17.6 Å². The fourth-order valence-corrected chi connectivity index (χ4v) is 1.47. The van der Waals surface area contributed by atoms with Crippen molar-refractivity contribution in [2.45, 2.75) is 6.54 Å². The number of hydrogen-bond donors (Lipinski definition) is 2. The van der Waals surface area contributed by atoms with Crippen LogP contribution in [0.2, 0.25) is 0 Å². The highest BCUT2D eigenvalue weighted by atomic mass is 14.6. The van der Waals surface area contributed by atoms with Gasteiger partial charge in [-0.2, -0.15) is 0 Å². The molecular weight excluding hydrogens is 160 g/mol. The quantitative estimate of drug-likeness (QED) is 0.645. The van der Waals surface area contributed by atoms with E-state index in [1.165, 1.54) is 0 Å². The van der Waals surface area contributed by atoms with Crippen LogP contribution in [0.3, 0.4) is 0 Å². The van der Waals surface area contributed by atoms with Crippen LogP contribution in [0, 0.1) is 0 Å². The number of nitrogen functional groups attached to an aromatic ring is 1. The van der Waals surface area contributed by atoms with Crippen molar-refractivity contribution in [2.75, 3.05) is 5.73 Å². The van der Waals surface area contributed by atoms with Crippen LogP contribution < -0.4 is 11.5 Å². The van der Waals surface area contributed by atoms with Crippen molar-refractivity contribution in [3.05, 3.63) is 42.0 Å². The number of nitrogens with two attached hydrogens (primary N) is 2. The first kappa shape index (κ1) is 8.08. The van der Waals surface area contributed by atoms with E-state index in [0.29, 0.717) is 6.54 Å². The molecule has 0 heterocycles. The summed E-state index contributed by atoms with van der Waals surface area (Å²) in [5, 5.41) is 2.25. The normalized spacial score (nSPS) is 10.5. The van der Waals surface area contributed by atoms with Gasteiger partial charge in [-0.05, 0) is 23.1 Å². The fraction of sp³-hybridized carbons (Fsp3) is 0.0909. The molecule has 0 aromatic heterocycles. The molecule has 0 saturated carbocycles. The third-order valence-electron chi connectivity index (χ3n) is 2.22. The highest BCUT2D eigenvalue weighted by molar-refractivity contribution is 5.93. The molecule has 0 radical (unpaired) electrons. The molecule has 0 bridgehead atoms. The third kappa shape index (κ3) is 1.36. The van der Waals surface area contributed by atoms with Crippen molar-refractivity contribution >= 4 is 16.5 Å². The highest BCUT2D eigenvalue weighted by Gasteiger charge is 1.97. The SMILES string of the molecule is NCc1ccc2cccc(N)c2c1. The molecule has 4 N–H and O–H groups in total. The molecule has 66 valence electrons. The van der Waals surface area contributed by atoms with Gasteiger partial charge in [0.25, 0.3) is 0 Å². The molecule has 2 nitrogen and oxygen atoms in total. The van der Waals surface area contributed by atoms with E-state index in [1.54, 1.807) is 0 Å². The lowest BCUT2D eigenvalue weighted by Crippen LogP contribution is -1.96. The maximum Gasteiger partial charge on any atom is 0.0393 e. The Bertz CT molecular complexity index is 435. The zero-order valence-corrected chi connectivity index (χ0v) is 7.33. The minimum Gasteiger partial charge on any atom is -0.398 e. The summed E-state index contributed by atoms with van der Waals surface area (Å²) in [4.78, 5) is 0. The summed E-state index contributed by atoms with van der Waals surface area (Å²) < 4.78 is 0. The number of anilines is 1. The first-order chi connectivity index (χ1) is 6.31. The van der Waals surface area contributed by atoms with E-state index in [4.69, 9.17) is 11.5 Å². The van der Waals surface area contributed by atoms with Crippen molar-refractivity contribution in [3.8, 4) is 0 Å². The zero-order valence-electron chi connectivity index (χ0n) is 7.33. The Kier molecular flexibility index (Phi) is 1.91. The smallest absolute Gasteiger partial charge is 0.0393 e. The molecule has 2 aromatic rings. The molecule has 0 fully saturated rings. The van der Waals surface area contributed by atoms with Crippen LogP contribution in [0.15, 0.2) is 36.4 Å². The van der Waals surface area contributed by atoms with Gasteiger partial charge >= 0.3 is 0 Å². The average Bonchev–Trinajstić information content (AvgIpc) is 2.18. The summed E-state index contributed by atoms with van der Waals surface area (Å²) in [5.41, 5.74) is 13.3. The van der Waals surface area contributed by atoms with Crippen LogP contribution >= 0.6 is 0 Å². The minimum absolute atomic E-state index is 0.560. The molecule has 0 spiro atoms. The van der Waals surface area contributed by atoms with Gasteiger partial charge in [-0.1, -0.05) is 24.3 Å². The Balaban J connectivity index is 2.74. The van der Waals surface area contributed by atoms with E-state index in [9.17, 15) is 0 Å². The summed E-state index contributed by atoms with van der Waals surface area (Å²) in [6.07, 6.45) is 0. The molecule has 2 rings (SSSR count). The number of hydrogen-bond acceptors (Lipinski definition) is 2. The van der Waals surface area contributed by atoms with E-state index in [0.717, 1.165) is 22.0 Å². The Hall–Kier alpha value is -1.54. The van der Waals surface area contributed by atoms with Crippen LogP contribution in [0.25, 0.3) is 10.8 Å². The van der Waals surface area contributed by atoms with Gasteiger partial charge < -0.3 is 11.5 Å². The monoisotopic (exact) mass is 172 g/mol. The molecule has 0 aliphatic rings. The predicted octanol–water partition coefficient (Wildman–Crippen LogP) is 1.88. The van der Waals surface area contributed by atoms with E-state index in [1.807, 2.05) is 36.4 Å². The second-order valence-electron chi connectivity index (χ2n) is 3.11. The Morgan fingerprint density at radius 1 is 1.08 bits per heavy atom. The largest absolute Gasteiger partial charge is 0.398 e. The zero-order chi connectivity index (χ0) is 9.26. The summed E-state index contributed by atoms with van der Waals surface area (Å²) in [7, 11) is 0. The van der Waals surface area contributed by atoms with Gasteiger partial charge in [0.05, 0.1) is 0 Å². The second kappa shape index (κ2) is 3.07. The molecule has 0 unspecified atom stereocenters. The minimum atomic E-state index is 0.560. The fourth-order valence-electron chi connectivity index (χ4n) is 1.47. The summed E-state index contributed by atoms with van der Waals surface area (Å²) >= 11 is 0.